The highest BCUT2D eigenvalue weighted by Gasteiger charge is 2.31. The Labute approximate surface area is 208 Å². The lowest BCUT2D eigenvalue weighted by Gasteiger charge is -2.24. The van der Waals surface area contributed by atoms with Crippen molar-refractivity contribution in [1.82, 2.24) is 0 Å². The smallest absolute Gasteiger partial charge is 0.341 e. The fourth-order valence-corrected chi connectivity index (χ4v) is 6.71. The van der Waals surface area contributed by atoms with E-state index >= 15 is 0 Å². The molecule has 1 aromatic heterocycles. The van der Waals surface area contributed by atoms with Gasteiger partial charge in [-0.3, -0.25) is 9.10 Å². The van der Waals surface area contributed by atoms with Crippen molar-refractivity contribution < 1.29 is 27.5 Å². The van der Waals surface area contributed by atoms with Crippen LogP contribution in [0, 0.1) is 0 Å². The second-order valence-electron chi connectivity index (χ2n) is 7.85. The van der Waals surface area contributed by atoms with Gasteiger partial charge in [-0.2, -0.15) is 0 Å². The third kappa shape index (κ3) is 5.18. The normalized spacial score (nSPS) is 12.6. The molecule has 1 N–H and O–H groups in total. The minimum absolute atomic E-state index is 0.0252. The molecule has 0 saturated heterocycles. The van der Waals surface area contributed by atoms with Crippen molar-refractivity contribution >= 4 is 43.9 Å². The van der Waals surface area contributed by atoms with Crippen LogP contribution in [-0.2, 0) is 32.4 Å². The first-order valence-electron chi connectivity index (χ1n) is 11.2. The zero-order valence-electron chi connectivity index (χ0n) is 19.4. The van der Waals surface area contributed by atoms with Crippen molar-refractivity contribution in [3.05, 3.63) is 70.6 Å². The molecule has 1 amide bonds. The Bertz CT molecular complexity index is 1320. The van der Waals surface area contributed by atoms with E-state index in [4.69, 9.17) is 9.47 Å². The second kappa shape index (κ2) is 10.5. The lowest BCUT2D eigenvalue weighted by molar-refractivity contribution is -0.114. The first-order valence-corrected chi connectivity index (χ1v) is 13.4. The molecule has 0 bridgehead atoms. The van der Waals surface area contributed by atoms with E-state index in [2.05, 4.69) is 5.32 Å². The highest BCUT2D eigenvalue weighted by Crippen LogP contribution is 2.39. The molecule has 8 nitrogen and oxygen atoms in total. The number of hydrogen-bond donors (Lipinski definition) is 1. The molecule has 1 aliphatic carbocycles. The van der Waals surface area contributed by atoms with Gasteiger partial charge in [-0.05, 0) is 68.1 Å². The van der Waals surface area contributed by atoms with Crippen LogP contribution in [-0.4, -0.2) is 40.6 Å². The standard InChI is InChI=1S/C25H26N2O6S2/c1-3-33-25(29)23-20-10-7-11-21(20)34-24(23)26-22(28)16-27(17-8-5-4-6-9-17)35(30,31)19-14-12-18(32-2)13-15-19/h4-6,8-9,12-15H,3,7,10-11,16H2,1-2H3,(H,26,28). The highest BCUT2D eigenvalue weighted by molar-refractivity contribution is 7.92. The van der Waals surface area contributed by atoms with Gasteiger partial charge in [-0.1, -0.05) is 18.2 Å². The number of rotatable bonds is 9. The van der Waals surface area contributed by atoms with E-state index in [9.17, 15) is 18.0 Å². The molecule has 4 rings (SSSR count). The number of nitrogens with one attached hydrogen (secondary N) is 1. The minimum Gasteiger partial charge on any atom is -0.497 e. The maximum absolute atomic E-state index is 13.5. The molecule has 184 valence electrons. The van der Waals surface area contributed by atoms with Gasteiger partial charge in [0, 0.05) is 4.88 Å². The Hall–Kier alpha value is -3.37. The summed E-state index contributed by atoms with van der Waals surface area (Å²) in [5, 5.41) is 3.17. The molecular weight excluding hydrogens is 488 g/mol. The average molecular weight is 515 g/mol. The van der Waals surface area contributed by atoms with E-state index in [-0.39, 0.29) is 11.5 Å². The molecule has 2 aromatic carbocycles. The first kappa shape index (κ1) is 24.7. The van der Waals surface area contributed by atoms with Crippen molar-refractivity contribution in [2.75, 3.05) is 29.9 Å². The van der Waals surface area contributed by atoms with Crippen molar-refractivity contribution in [2.24, 2.45) is 0 Å². The predicted molar refractivity (Wildman–Crippen MR) is 135 cm³/mol. The quantitative estimate of drug-likeness (QED) is 0.428. The first-order chi connectivity index (χ1) is 16.8. The molecule has 1 aliphatic rings. The maximum Gasteiger partial charge on any atom is 0.341 e. The molecule has 0 aliphatic heterocycles. The molecule has 0 atom stereocenters. The molecule has 10 heteroatoms. The van der Waals surface area contributed by atoms with Crippen LogP contribution in [0.3, 0.4) is 0 Å². The number of carbonyl (C=O) groups is 2. The van der Waals surface area contributed by atoms with Gasteiger partial charge in [0.15, 0.2) is 0 Å². The molecule has 0 fully saturated rings. The number of fused-ring (bicyclic) bond motifs is 1. The van der Waals surface area contributed by atoms with Gasteiger partial charge in [-0.25, -0.2) is 13.2 Å². The largest absolute Gasteiger partial charge is 0.497 e. The van der Waals surface area contributed by atoms with E-state index in [0.717, 1.165) is 34.0 Å². The van der Waals surface area contributed by atoms with Gasteiger partial charge in [0.25, 0.3) is 10.0 Å². The summed E-state index contributed by atoms with van der Waals surface area (Å²) in [7, 11) is -2.57. The van der Waals surface area contributed by atoms with Crippen molar-refractivity contribution in [3.63, 3.8) is 0 Å². The van der Waals surface area contributed by atoms with Crippen LogP contribution in [0.2, 0.25) is 0 Å². The van der Waals surface area contributed by atoms with Crippen LogP contribution < -0.4 is 14.4 Å². The average Bonchev–Trinajstić information content (AvgIpc) is 3.44. The molecule has 35 heavy (non-hydrogen) atoms. The number of carbonyl (C=O) groups excluding carboxylic acids is 2. The third-order valence-electron chi connectivity index (χ3n) is 5.63. The topological polar surface area (TPSA) is 102 Å². The van der Waals surface area contributed by atoms with Crippen molar-refractivity contribution in [2.45, 2.75) is 31.1 Å². The van der Waals surface area contributed by atoms with Crippen LogP contribution in [0.5, 0.6) is 5.75 Å². The lowest BCUT2D eigenvalue weighted by atomic mass is 10.1. The number of anilines is 2. The molecule has 0 radical (unpaired) electrons. The van der Waals surface area contributed by atoms with Crippen molar-refractivity contribution in [1.29, 1.82) is 0 Å². The molecule has 1 heterocycles. The summed E-state index contributed by atoms with van der Waals surface area (Å²) in [4.78, 5) is 26.9. The number of thiophene rings is 1. The van der Waals surface area contributed by atoms with Gasteiger partial charge >= 0.3 is 5.97 Å². The Kier molecular flexibility index (Phi) is 7.42. The van der Waals surface area contributed by atoms with Crippen LogP contribution >= 0.6 is 11.3 Å². The predicted octanol–water partition coefficient (Wildman–Crippen LogP) is 4.26. The summed E-state index contributed by atoms with van der Waals surface area (Å²) in [6.45, 7) is 1.48. The second-order valence-corrected chi connectivity index (χ2v) is 10.8. The van der Waals surface area contributed by atoms with E-state index in [1.54, 1.807) is 49.4 Å². The van der Waals surface area contributed by atoms with E-state index in [1.807, 2.05) is 0 Å². The summed E-state index contributed by atoms with van der Waals surface area (Å²) in [6.07, 6.45) is 2.53. The summed E-state index contributed by atoms with van der Waals surface area (Å²) < 4.78 is 38.4. The third-order valence-corrected chi connectivity index (χ3v) is 8.63. The zero-order chi connectivity index (χ0) is 25.0. The molecule has 0 saturated carbocycles. The number of nitrogens with zero attached hydrogens (tertiary/aromatic N) is 1. The summed E-state index contributed by atoms with van der Waals surface area (Å²) in [5.74, 6) is -0.519. The van der Waals surface area contributed by atoms with Gasteiger partial charge in [-0.15, -0.1) is 11.3 Å². The van der Waals surface area contributed by atoms with E-state index in [0.29, 0.717) is 22.0 Å². The van der Waals surface area contributed by atoms with Crippen LogP contribution in [0.4, 0.5) is 10.7 Å². The van der Waals surface area contributed by atoms with Crippen LogP contribution in [0.15, 0.2) is 59.5 Å². The summed E-state index contributed by atoms with van der Waals surface area (Å²) >= 11 is 1.35. The number of benzene rings is 2. The summed E-state index contributed by atoms with van der Waals surface area (Å²) in [5.41, 5.74) is 1.63. The number of sulfonamides is 1. The molecule has 3 aromatic rings. The Morgan fingerprint density at radius 3 is 2.43 bits per heavy atom. The summed E-state index contributed by atoms with van der Waals surface area (Å²) in [6, 6.07) is 14.4. The Balaban J connectivity index is 1.64. The van der Waals surface area contributed by atoms with E-state index in [1.165, 1.54) is 30.6 Å². The van der Waals surface area contributed by atoms with Crippen molar-refractivity contribution in [3.8, 4) is 5.75 Å². The van der Waals surface area contributed by atoms with Gasteiger partial charge < -0.3 is 14.8 Å². The number of para-hydroxylation sites is 1. The number of ether oxygens (including phenoxy) is 2. The lowest BCUT2D eigenvalue weighted by Crippen LogP contribution is -2.38. The van der Waals surface area contributed by atoms with Gasteiger partial charge in [0.1, 0.15) is 17.3 Å². The Morgan fingerprint density at radius 2 is 1.77 bits per heavy atom. The van der Waals surface area contributed by atoms with Gasteiger partial charge in [0.2, 0.25) is 5.91 Å². The minimum atomic E-state index is -4.07. The maximum atomic E-state index is 13.5. The van der Waals surface area contributed by atoms with E-state index < -0.39 is 28.4 Å². The number of aryl methyl sites for hydroxylation is 1. The number of amides is 1. The number of methoxy groups -OCH3 is 1. The highest BCUT2D eigenvalue weighted by atomic mass is 32.2. The Morgan fingerprint density at radius 1 is 1.06 bits per heavy atom. The van der Waals surface area contributed by atoms with Crippen LogP contribution in [0.25, 0.3) is 0 Å². The molecule has 0 unspecified atom stereocenters. The van der Waals surface area contributed by atoms with Crippen LogP contribution in [0.1, 0.15) is 34.1 Å². The monoisotopic (exact) mass is 514 g/mol. The van der Waals surface area contributed by atoms with Gasteiger partial charge in [0.05, 0.1) is 29.9 Å². The fraction of sp³-hybridized carbons (Fsp3) is 0.280. The number of esters is 1. The zero-order valence-corrected chi connectivity index (χ0v) is 21.1. The number of hydrogen-bond acceptors (Lipinski definition) is 7. The molecular formula is C25H26N2O6S2. The SMILES string of the molecule is CCOC(=O)c1c(NC(=O)CN(c2ccccc2)S(=O)(=O)c2ccc(OC)cc2)sc2c1CCC2. The fourth-order valence-electron chi connectivity index (χ4n) is 3.99. The molecule has 0 spiro atoms.